The summed E-state index contributed by atoms with van der Waals surface area (Å²) < 4.78 is 26.5. The Morgan fingerprint density at radius 2 is 1.79 bits per heavy atom. The van der Waals surface area contributed by atoms with Gasteiger partial charge < -0.3 is 10.6 Å². The molecule has 1 fully saturated rings. The molecule has 0 aliphatic carbocycles. The van der Waals surface area contributed by atoms with Crippen LogP contribution in [0.3, 0.4) is 0 Å². The van der Waals surface area contributed by atoms with E-state index in [4.69, 9.17) is 0 Å². The monoisotopic (exact) mass is 444 g/mol. The first-order chi connectivity index (χ1) is 12.7. The van der Waals surface area contributed by atoms with Gasteiger partial charge in [0.05, 0.1) is 4.88 Å². The summed E-state index contributed by atoms with van der Waals surface area (Å²) in [7, 11) is 0. The summed E-state index contributed by atoms with van der Waals surface area (Å²) in [6.45, 7) is 2.08. The van der Waals surface area contributed by atoms with Gasteiger partial charge >= 0.3 is 0 Å². The molecule has 3 heterocycles. The van der Waals surface area contributed by atoms with Crippen LogP contribution in [0.1, 0.15) is 24.3 Å². The molecule has 150 valence electrons. The Balaban J connectivity index is 0.00000140. The normalized spacial score (nSPS) is 14.1. The Hall–Kier alpha value is -1.80. The first-order valence-electron chi connectivity index (χ1n) is 8.54. The summed E-state index contributed by atoms with van der Waals surface area (Å²) in [6.07, 6.45) is 5.71. The molecule has 2 aromatic heterocycles. The molecule has 28 heavy (non-hydrogen) atoms. The van der Waals surface area contributed by atoms with Crippen molar-refractivity contribution in [2.75, 3.05) is 18.4 Å². The third-order valence-corrected chi connectivity index (χ3v) is 5.50. The lowest BCUT2D eigenvalue weighted by Crippen LogP contribution is -2.26. The van der Waals surface area contributed by atoms with Crippen LogP contribution < -0.4 is 10.6 Å². The van der Waals surface area contributed by atoms with E-state index in [9.17, 15) is 8.78 Å². The van der Waals surface area contributed by atoms with Gasteiger partial charge in [-0.3, -0.25) is 0 Å². The summed E-state index contributed by atoms with van der Waals surface area (Å²) in [4.78, 5) is 9.46. The summed E-state index contributed by atoms with van der Waals surface area (Å²) in [5.41, 5.74) is 1.88. The molecule has 0 atom stereocenters. The first kappa shape index (κ1) is 22.5. The predicted octanol–water partition coefficient (Wildman–Crippen LogP) is 5.54. The summed E-state index contributed by atoms with van der Waals surface area (Å²) in [5, 5.41) is 7.25. The number of hydrogen-bond acceptors (Lipinski definition) is 5. The molecule has 1 aromatic carbocycles. The van der Waals surface area contributed by atoms with Gasteiger partial charge in [0.2, 0.25) is 0 Å². The summed E-state index contributed by atoms with van der Waals surface area (Å²) in [6, 6.07) is 7.99. The molecular formula is C19H20Cl2F2N4S. The van der Waals surface area contributed by atoms with E-state index in [-0.39, 0.29) is 24.8 Å². The number of pyridine rings is 1. The molecule has 0 saturated carbocycles. The number of piperidine rings is 1. The van der Waals surface area contributed by atoms with E-state index < -0.39 is 11.6 Å². The van der Waals surface area contributed by atoms with Gasteiger partial charge in [0.1, 0.15) is 5.82 Å². The van der Waals surface area contributed by atoms with Gasteiger partial charge in [-0.15, -0.1) is 24.8 Å². The highest BCUT2D eigenvalue weighted by Gasteiger charge is 2.16. The minimum Gasteiger partial charge on any atom is -0.317 e. The van der Waals surface area contributed by atoms with Gasteiger partial charge in [0.25, 0.3) is 0 Å². The van der Waals surface area contributed by atoms with Crippen LogP contribution in [0.25, 0.3) is 10.4 Å². The first-order valence-corrected chi connectivity index (χ1v) is 9.35. The molecular weight excluding hydrogens is 425 g/mol. The van der Waals surface area contributed by atoms with E-state index >= 15 is 0 Å². The maximum Gasteiger partial charge on any atom is 0.188 e. The highest BCUT2D eigenvalue weighted by atomic mass is 35.5. The average molecular weight is 445 g/mol. The zero-order valence-corrected chi connectivity index (χ0v) is 17.3. The van der Waals surface area contributed by atoms with Crippen molar-refractivity contribution in [1.29, 1.82) is 0 Å². The molecule has 1 saturated heterocycles. The lowest BCUT2D eigenvalue weighted by Gasteiger charge is -2.23. The fourth-order valence-corrected chi connectivity index (χ4v) is 3.97. The Labute approximate surface area is 178 Å². The van der Waals surface area contributed by atoms with Crippen molar-refractivity contribution < 1.29 is 8.78 Å². The maximum absolute atomic E-state index is 13.4. The minimum absolute atomic E-state index is 0. The third kappa shape index (κ3) is 5.17. The molecule has 0 amide bonds. The maximum atomic E-state index is 13.4. The molecule has 0 unspecified atom stereocenters. The van der Waals surface area contributed by atoms with Gasteiger partial charge in [0.15, 0.2) is 16.8 Å². The number of anilines is 2. The SMILES string of the molecule is Cl.Cl.Fc1ccc(-c2cnc(Nc3cc(C4CCNCC4)ccn3)s2)cc1F. The van der Waals surface area contributed by atoms with Crippen molar-refractivity contribution in [3.05, 3.63) is 59.9 Å². The second kappa shape index (κ2) is 10.1. The second-order valence-electron chi connectivity index (χ2n) is 6.28. The molecule has 2 N–H and O–H groups in total. The lowest BCUT2D eigenvalue weighted by molar-refractivity contribution is 0.460. The highest BCUT2D eigenvalue weighted by molar-refractivity contribution is 7.18. The van der Waals surface area contributed by atoms with E-state index in [2.05, 4.69) is 32.7 Å². The molecule has 1 aliphatic rings. The smallest absolute Gasteiger partial charge is 0.188 e. The molecule has 1 aliphatic heterocycles. The molecule has 0 radical (unpaired) electrons. The van der Waals surface area contributed by atoms with E-state index in [1.165, 1.54) is 23.0 Å². The number of aromatic nitrogens is 2. The number of rotatable bonds is 4. The van der Waals surface area contributed by atoms with E-state index in [1.54, 1.807) is 12.3 Å². The predicted molar refractivity (Wildman–Crippen MR) is 114 cm³/mol. The van der Waals surface area contributed by atoms with Crippen LogP contribution in [0.4, 0.5) is 19.7 Å². The fraction of sp³-hybridized carbons (Fsp3) is 0.263. The van der Waals surface area contributed by atoms with Gasteiger partial charge in [0, 0.05) is 12.4 Å². The van der Waals surface area contributed by atoms with Crippen LogP contribution in [0.2, 0.25) is 0 Å². The number of nitrogens with one attached hydrogen (secondary N) is 2. The minimum atomic E-state index is -0.859. The van der Waals surface area contributed by atoms with Gasteiger partial charge in [-0.05, 0) is 67.2 Å². The van der Waals surface area contributed by atoms with Crippen molar-refractivity contribution in [3.8, 4) is 10.4 Å². The van der Waals surface area contributed by atoms with Crippen LogP contribution in [-0.2, 0) is 0 Å². The van der Waals surface area contributed by atoms with Gasteiger partial charge in [-0.2, -0.15) is 0 Å². The molecule has 4 nitrogen and oxygen atoms in total. The zero-order valence-electron chi connectivity index (χ0n) is 14.8. The second-order valence-corrected chi connectivity index (χ2v) is 7.31. The van der Waals surface area contributed by atoms with Gasteiger partial charge in [-0.25, -0.2) is 18.7 Å². The summed E-state index contributed by atoms with van der Waals surface area (Å²) >= 11 is 1.38. The number of thiazole rings is 1. The third-order valence-electron chi connectivity index (χ3n) is 4.54. The van der Waals surface area contributed by atoms with E-state index in [0.717, 1.165) is 42.7 Å². The van der Waals surface area contributed by atoms with Crippen LogP contribution in [-0.4, -0.2) is 23.1 Å². The number of nitrogens with zero attached hydrogens (tertiary/aromatic N) is 2. The molecule has 0 spiro atoms. The average Bonchev–Trinajstić information content (AvgIpc) is 3.13. The van der Waals surface area contributed by atoms with Crippen LogP contribution in [0, 0.1) is 11.6 Å². The quantitative estimate of drug-likeness (QED) is 0.554. The van der Waals surface area contributed by atoms with Crippen molar-refractivity contribution in [2.45, 2.75) is 18.8 Å². The molecule has 0 bridgehead atoms. The topological polar surface area (TPSA) is 49.8 Å². The number of hydrogen-bond donors (Lipinski definition) is 2. The molecule has 3 aromatic rings. The zero-order chi connectivity index (χ0) is 17.9. The Morgan fingerprint density at radius 3 is 2.54 bits per heavy atom. The van der Waals surface area contributed by atoms with Crippen molar-refractivity contribution in [1.82, 2.24) is 15.3 Å². The van der Waals surface area contributed by atoms with Crippen LogP contribution >= 0.6 is 36.2 Å². The lowest BCUT2D eigenvalue weighted by atomic mass is 9.91. The summed E-state index contributed by atoms with van der Waals surface area (Å²) in [5.74, 6) is -0.418. The van der Waals surface area contributed by atoms with Crippen molar-refractivity contribution in [2.24, 2.45) is 0 Å². The Morgan fingerprint density at radius 1 is 1.00 bits per heavy atom. The Bertz CT molecular complexity index is 916. The van der Waals surface area contributed by atoms with Crippen molar-refractivity contribution in [3.63, 3.8) is 0 Å². The highest BCUT2D eigenvalue weighted by Crippen LogP contribution is 2.32. The number of halogens is 4. The van der Waals surface area contributed by atoms with Crippen LogP contribution in [0.5, 0.6) is 0 Å². The standard InChI is InChI=1S/C19H18F2N4S.2ClH/c20-15-2-1-14(9-16(15)21)17-11-24-19(26-17)25-18-10-13(5-8-23-18)12-3-6-22-7-4-12;;/h1-2,5,8-12,22H,3-4,6-7H2,(H,23,24,25);2*1H. The van der Waals surface area contributed by atoms with Crippen LogP contribution in [0.15, 0.2) is 42.7 Å². The van der Waals surface area contributed by atoms with E-state index in [0.29, 0.717) is 16.6 Å². The molecule has 9 heteroatoms. The fourth-order valence-electron chi connectivity index (χ4n) is 3.15. The van der Waals surface area contributed by atoms with Crippen molar-refractivity contribution >= 4 is 47.1 Å². The van der Waals surface area contributed by atoms with Gasteiger partial charge in [-0.1, -0.05) is 17.4 Å². The Kier molecular flexibility index (Phi) is 8.12. The molecule has 4 rings (SSSR count). The van der Waals surface area contributed by atoms with E-state index in [1.807, 2.05) is 6.20 Å². The largest absolute Gasteiger partial charge is 0.317 e. The number of benzene rings is 1.